The van der Waals surface area contributed by atoms with E-state index in [1.807, 2.05) is 0 Å². The summed E-state index contributed by atoms with van der Waals surface area (Å²) in [5.41, 5.74) is 6.98. The molecule has 0 spiro atoms. The molecule has 2 atom stereocenters. The summed E-state index contributed by atoms with van der Waals surface area (Å²) in [6.07, 6.45) is 2.40. The maximum Gasteiger partial charge on any atom is 0.241 e. The third-order valence-corrected chi connectivity index (χ3v) is 4.59. The lowest BCUT2D eigenvalue weighted by atomic mass is 9.94. The fourth-order valence-corrected chi connectivity index (χ4v) is 3.32. The number of hydrogen-bond acceptors (Lipinski definition) is 3. The van der Waals surface area contributed by atoms with Crippen molar-refractivity contribution in [2.45, 2.75) is 39.7 Å². The van der Waals surface area contributed by atoms with Gasteiger partial charge in [-0.05, 0) is 49.4 Å². The van der Waals surface area contributed by atoms with Crippen LogP contribution in [0.4, 0.5) is 11.4 Å². The van der Waals surface area contributed by atoms with E-state index in [0.717, 1.165) is 19.5 Å². The normalized spacial score (nSPS) is 20.9. The number of nitrogens with zero attached hydrogens (tertiary/aromatic N) is 1. The van der Waals surface area contributed by atoms with Crippen molar-refractivity contribution in [1.29, 1.82) is 0 Å². The smallest absolute Gasteiger partial charge is 0.241 e. The maximum atomic E-state index is 12.7. The summed E-state index contributed by atoms with van der Waals surface area (Å²) in [6.45, 7) is 8.42. The third kappa shape index (κ3) is 4.14. The average molecular weight is 324 g/mol. The van der Waals surface area contributed by atoms with Gasteiger partial charge in [0, 0.05) is 12.2 Å². The van der Waals surface area contributed by atoms with Crippen LogP contribution in [0, 0.1) is 11.8 Å². The Morgan fingerprint density at radius 3 is 2.77 bits per heavy atom. The minimum Gasteiger partial charge on any atom is -0.397 e. The van der Waals surface area contributed by atoms with Crippen molar-refractivity contribution in [1.82, 2.24) is 4.90 Å². The van der Waals surface area contributed by atoms with Crippen LogP contribution in [0.25, 0.3) is 0 Å². The number of halogens is 1. The van der Waals surface area contributed by atoms with E-state index in [9.17, 15) is 4.79 Å². The highest BCUT2D eigenvalue weighted by Crippen LogP contribution is 2.25. The Hall–Kier alpha value is -1.26. The molecule has 0 radical (unpaired) electrons. The van der Waals surface area contributed by atoms with Crippen molar-refractivity contribution in [2.24, 2.45) is 11.8 Å². The molecule has 4 nitrogen and oxygen atoms in total. The molecule has 2 rings (SSSR count). The Kier molecular flexibility index (Phi) is 5.70. The molecule has 0 aromatic heterocycles. The van der Waals surface area contributed by atoms with Crippen LogP contribution in [0.5, 0.6) is 0 Å². The van der Waals surface area contributed by atoms with Crippen molar-refractivity contribution in [2.75, 3.05) is 24.1 Å². The van der Waals surface area contributed by atoms with Gasteiger partial charge < -0.3 is 11.1 Å². The van der Waals surface area contributed by atoms with Crippen LogP contribution in [0.15, 0.2) is 18.2 Å². The van der Waals surface area contributed by atoms with Crippen molar-refractivity contribution in [3.8, 4) is 0 Å². The van der Waals surface area contributed by atoms with Crippen LogP contribution in [-0.4, -0.2) is 29.9 Å². The maximum absolute atomic E-state index is 12.7. The first kappa shape index (κ1) is 17.1. The Morgan fingerprint density at radius 1 is 1.45 bits per heavy atom. The Bertz CT molecular complexity index is 533. The first-order valence-corrected chi connectivity index (χ1v) is 8.36. The molecule has 1 aliphatic heterocycles. The first-order valence-electron chi connectivity index (χ1n) is 7.98. The number of nitrogen functional groups attached to an aromatic ring is 1. The number of carbonyl (C=O) groups excluding carboxylic acids is 1. The summed E-state index contributed by atoms with van der Waals surface area (Å²) in [5, 5.41) is 3.49. The second-order valence-corrected chi connectivity index (χ2v) is 7.06. The molecule has 0 aliphatic carbocycles. The van der Waals surface area contributed by atoms with Gasteiger partial charge in [0.2, 0.25) is 5.91 Å². The van der Waals surface area contributed by atoms with Gasteiger partial charge in [-0.1, -0.05) is 32.4 Å². The Morgan fingerprint density at radius 2 is 2.18 bits per heavy atom. The molecule has 2 unspecified atom stereocenters. The lowest BCUT2D eigenvalue weighted by molar-refractivity contribution is -0.123. The highest BCUT2D eigenvalue weighted by molar-refractivity contribution is 6.33. The van der Waals surface area contributed by atoms with Crippen LogP contribution in [-0.2, 0) is 4.79 Å². The predicted octanol–water partition coefficient (Wildman–Crippen LogP) is 3.62. The summed E-state index contributed by atoms with van der Waals surface area (Å²) >= 11 is 5.92. The number of amides is 1. The molecule has 1 saturated heterocycles. The number of carbonyl (C=O) groups is 1. The van der Waals surface area contributed by atoms with Crippen molar-refractivity contribution in [3.63, 3.8) is 0 Å². The quantitative estimate of drug-likeness (QED) is 0.832. The average Bonchev–Trinajstić information content (AvgIpc) is 2.42. The van der Waals surface area contributed by atoms with Gasteiger partial charge in [-0.25, -0.2) is 0 Å². The fraction of sp³-hybridized carbons (Fsp3) is 0.588. The summed E-state index contributed by atoms with van der Waals surface area (Å²) in [5.74, 6) is 0.940. The lowest BCUT2D eigenvalue weighted by Crippen LogP contribution is -2.50. The zero-order chi connectivity index (χ0) is 16.3. The van der Waals surface area contributed by atoms with E-state index in [4.69, 9.17) is 17.3 Å². The number of hydrogen-bond donors (Lipinski definition) is 2. The number of likely N-dealkylation sites (tertiary alicyclic amines) is 1. The van der Waals surface area contributed by atoms with E-state index < -0.39 is 0 Å². The van der Waals surface area contributed by atoms with Gasteiger partial charge in [0.15, 0.2) is 0 Å². The fourth-order valence-electron chi connectivity index (χ4n) is 3.21. The standard InChI is InChI=1S/C17H26ClN3O/c1-11(2)16(21-8-4-5-12(3)10-21)17(22)20-13-6-7-14(18)15(19)9-13/h6-7,9,11-12,16H,4-5,8,10,19H2,1-3H3,(H,20,22). The topological polar surface area (TPSA) is 58.4 Å². The van der Waals surface area contributed by atoms with Crippen molar-refractivity contribution in [3.05, 3.63) is 23.2 Å². The lowest BCUT2D eigenvalue weighted by Gasteiger charge is -2.38. The van der Waals surface area contributed by atoms with Crippen molar-refractivity contribution >= 4 is 28.9 Å². The molecule has 0 bridgehead atoms. The summed E-state index contributed by atoms with van der Waals surface area (Å²) in [6, 6.07) is 5.09. The van der Waals surface area contributed by atoms with Gasteiger partial charge in [-0.15, -0.1) is 0 Å². The van der Waals surface area contributed by atoms with Crippen LogP contribution < -0.4 is 11.1 Å². The molecule has 1 amide bonds. The highest BCUT2D eigenvalue weighted by atomic mass is 35.5. The summed E-state index contributed by atoms with van der Waals surface area (Å²) in [7, 11) is 0. The number of nitrogens with one attached hydrogen (secondary N) is 1. The van der Waals surface area contributed by atoms with E-state index >= 15 is 0 Å². The van der Waals surface area contributed by atoms with Gasteiger partial charge in [0.05, 0.1) is 16.8 Å². The van der Waals surface area contributed by atoms with Gasteiger partial charge >= 0.3 is 0 Å². The van der Waals surface area contributed by atoms with E-state index in [-0.39, 0.29) is 17.9 Å². The summed E-state index contributed by atoms with van der Waals surface area (Å²) < 4.78 is 0. The number of rotatable bonds is 4. The minimum atomic E-state index is -0.111. The molecular weight excluding hydrogens is 298 g/mol. The van der Waals surface area contributed by atoms with Crippen LogP contribution in [0.2, 0.25) is 5.02 Å². The second-order valence-electron chi connectivity index (χ2n) is 6.66. The number of nitrogens with two attached hydrogens (primary N) is 1. The Labute approximate surface area is 138 Å². The molecule has 3 N–H and O–H groups in total. The molecular formula is C17H26ClN3O. The number of anilines is 2. The molecule has 1 heterocycles. The molecule has 1 aliphatic rings. The first-order chi connectivity index (χ1) is 10.4. The second kappa shape index (κ2) is 7.34. The zero-order valence-electron chi connectivity index (χ0n) is 13.6. The summed E-state index contributed by atoms with van der Waals surface area (Å²) in [4.78, 5) is 15.0. The molecule has 1 fully saturated rings. The minimum absolute atomic E-state index is 0.0332. The SMILES string of the molecule is CC1CCCN(C(C(=O)Nc2ccc(Cl)c(N)c2)C(C)C)C1. The van der Waals surface area contributed by atoms with Crippen LogP contribution >= 0.6 is 11.6 Å². The van der Waals surface area contributed by atoms with E-state index in [1.165, 1.54) is 6.42 Å². The van der Waals surface area contributed by atoms with E-state index in [2.05, 4.69) is 31.0 Å². The zero-order valence-corrected chi connectivity index (χ0v) is 14.4. The van der Waals surface area contributed by atoms with E-state index in [1.54, 1.807) is 18.2 Å². The highest BCUT2D eigenvalue weighted by Gasteiger charge is 2.31. The molecule has 1 aromatic rings. The largest absolute Gasteiger partial charge is 0.397 e. The molecule has 0 saturated carbocycles. The van der Waals surface area contributed by atoms with Gasteiger partial charge in [0.25, 0.3) is 0 Å². The van der Waals surface area contributed by atoms with Crippen LogP contribution in [0.3, 0.4) is 0 Å². The van der Waals surface area contributed by atoms with Crippen LogP contribution in [0.1, 0.15) is 33.6 Å². The Balaban J connectivity index is 2.10. The van der Waals surface area contributed by atoms with Gasteiger partial charge in [-0.2, -0.15) is 0 Å². The number of piperidine rings is 1. The van der Waals surface area contributed by atoms with E-state index in [0.29, 0.717) is 22.3 Å². The monoisotopic (exact) mass is 323 g/mol. The van der Waals surface area contributed by atoms with Crippen molar-refractivity contribution < 1.29 is 4.79 Å². The molecule has 1 aromatic carbocycles. The molecule has 122 valence electrons. The molecule has 5 heteroatoms. The van der Waals surface area contributed by atoms with Gasteiger partial charge in [-0.3, -0.25) is 9.69 Å². The van der Waals surface area contributed by atoms with Gasteiger partial charge in [0.1, 0.15) is 0 Å². The molecule has 22 heavy (non-hydrogen) atoms. The predicted molar refractivity (Wildman–Crippen MR) is 93.1 cm³/mol. The third-order valence-electron chi connectivity index (χ3n) is 4.25. The number of benzene rings is 1.